The molecule has 0 aliphatic rings. The van der Waals surface area contributed by atoms with Crippen molar-refractivity contribution in [2.45, 2.75) is 0 Å². The second-order valence-electron chi connectivity index (χ2n) is 5.16. The Kier molecular flexibility index (Phi) is 4.03. The molecule has 0 unspecified atom stereocenters. The number of amides is 1. The average molecular weight is 322 g/mol. The van der Waals surface area contributed by atoms with E-state index in [0.29, 0.717) is 5.56 Å². The molecule has 6 nitrogen and oxygen atoms in total. The number of rotatable bonds is 3. The highest BCUT2D eigenvalue weighted by molar-refractivity contribution is 6.03. The fraction of sp³-hybridized carbons (Fsp3) is 0. The van der Waals surface area contributed by atoms with Crippen molar-refractivity contribution in [3.8, 4) is 17.2 Å². The van der Waals surface area contributed by atoms with Gasteiger partial charge in [0.15, 0.2) is 0 Å². The lowest BCUT2D eigenvalue weighted by Gasteiger charge is -2.05. The molecular weight excluding hydrogens is 308 g/mol. The van der Waals surface area contributed by atoms with Gasteiger partial charge in [-0.2, -0.15) is 5.10 Å². The van der Waals surface area contributed by atoms with Crippen LogP contribution in [0, 0.1) is 0 Å². The highest BCUT2D eigenvalue weighted by atomic mass is 16.3. The first-order valence-corrected chi connectivity index (χ1v) is 7.12. The van der Waals surface area contributed by atoms with Crippen LogP contribution in [0.15, 0.2) is 59.7 Å². The second kappa shape index (κ2) is 6.29. The molecule has 3 rings (SSSR count). The number of phenolic OH excluding ortho intramolecular Hbond substituents is 3. The summed E-state index contributed by atoms with van der Waals surface area (Å²) in [5.74, 6) is -1.01. The monoisotopic (exact) mass is 322 g/mol. The van der Waals surface area contributed by atoms with Crippen molar-refractivity contribution in [2.75, 3.05) is 0 Å². The maximum absolute atomic E-state index is 12.0. The SMILES string of the molecule is O=C(NN=Cc1c(O)ccc2ccccc12)c1cc(O)cc(O)c1. The van der Waals surface area contributed by atoms with Crippen molar-refractivity contribution in [1.82, 2.24) is 5.43 Å². The first kappa shape index (κ1) is 15.4. The fourth-order valence-corrected chi connectivity index (χ4v) is 2.37. The lowest BCUT2D eigenvalue weighted by molar-refractivity contribution is 0.0954. The Morgan fingerprint density at radius 3 is 2.42 bits per heavy atom. The Morgan fingerprint density at radius 2 is 1.67 bits per heavy atom. The van der Waals surface area contributed by atoms with Crippen molar-refractivity contribution in [2.24, 2.45) is 5.10 Å². The van der Waals surface area contributed by atoms with Crippen molar-refractivity contribution >= 4 is 22.9 Å². The van der Waals surface area contributed by atoms with Crippen LogP contribution < -0.4 is 5.43 Å². The van der Waals surface area contributed by atoms with E-state index < -0.39 is 5.91 Å². The molecule has 6 heteroatoms. The van der Waals surface area contributed by atoms with Gasteiger partial charge in [-0.3, -0.25) is 4.79 Å². The highest BCUT2D eigenvalue weighted by Crippen LogP contribution is 2.25. The molecule has 0 heterocycles. The zero-order valence-corrected chi connectivity index (χ0v) is 12.5. The van der Waals surface area contributed by atoms with Crippen molar-refractivity contribution in [1.29, 1.82) is 0 Å². The number of nitrogens with zero attached hydrogens (tertiary/aromatic N) is 1. The standard InChI is InChI=1S/C18H14N2O4/c21-13-7-12(8-14(22)9-13)18(24)20-19-10-16-15-4-2-1-3-11(15)5-6-17(16)23/h1-10,21-23H,(H,20,24). The molecule has 0 atom stereocenters. The van der Waals surface area contributed by atoms with E-state index in [1.54, 1.807) is 12.1 Å². The Morgan fingerprint density at radius 1 is 0.958 bits per heavy atom. The first-order valence-electron chi connectivity index (χ1n) is 7.12. The van der Waals surface area contributed by atoms with E-state index in [0.717, 1.165) is 16.8 Å². The first-order chi connectivity index (χ1) is 11.5. The molecule has 0 spiro atoms. The number of phenols is 3. The fourth-order valence-electron chi connectivity index (χ4n) is 2.37. The van der Waals surface area contributed by atoms with Gasteiger partial charge in [-0.15, -0.1) is 0 Å². The van der Waals surface area contributed by atoms with Crippen LogP contribution in [0.2, 0.25) is 0 Å². The molecule has 1 amide bonds. The molecule has 0 aliphatic carbocycles. The van der Waals surface area contributed by atoms with Gasteiger partial charge in [-0.1, -0.05) is 30.3 Å². The minimum atomic E-state index is -0.600. The third-order valence-electron chi connectivity index (χ3n) is 3.47. The summed E-state index contributed by atoms with van der Waals surface area (Å²) in [4.78, 5) is 12.0. The molecule has 120 valence electrons. The van der Waals surface area contributed by atoms with E-state index in [-0.39, 0.29) is 22.8 Å². The number of hydrogen-bond acceptors (Lipinski definition) is 5. The summed E-state index contributed by atoms with van der Waals surface area (Å²) in [6.07, 6.45) is 1.35. The molecule has 0 saturated heterocycles. The van der Waals surface area contributed by atoms with Crippen LogP contribution in [0.1, 0.15) is 15.9 Å². The number of carbonyl (C=O) groups excluding carboxylic acids is 1. The summed E-state index contributed by atoms with van der Waals surface area (Å²) in [5, 5.41) is 34.3. The summed E-state index contributed by atoms with van der Waals surface area (Å²) in [6, 6.07) is 14.3. The summed E-state index contributed by atoms with van der Waals surface area (Å²) >= 11 is 0. The summed E-state index contributed by atoms with van der Waals surface area (Å²) < 4.78 is 0. The maximum atomic E-state index is 12.0. The smallest absolute Gasteiger partial charge is 0.271 e. The van der Waals surface area contributed by atoms with Crippen LogP contribution in [0.3, 0.4) is 0 Å². The maximum Gasteiger partial charge on any atom is 0.271 e. The predicted molar refractivity (Wildman–Crippen MR) is 90.4 cm³/mol. The molecule has 0 aromatic heterocycles. The number of carbonyl (C=O) groups is 1. The van der Waals surface area contributed by atoms with Gasteiger partial charge in [0.05, 0.1) is 6.21 Å². The molecule has 0 aliphatic heterocycles. The minimum Gasteiger partial charge on any atom is -0.508 e. The van der Waals surface area contributed by atoms with Gasteiger partial charge in [-0.05, 0) is 29.0 Å². The van der Waals surface area contributed by atoms with Gasteiger partial charge in [0.2, 0.25) is 0 Å². The zero-order chi connectivity index (χ0) is 17.1. The largest absolute Gasteiger partial charge is 0.508 e. The third kappa shape index (κ3) is 3.12. The predicted octanol–water partition coefficient (Wildman–Crippen LogP) is 2.72. The number of hydrogen-bond donors (Lipinski definition) is 4. The third-order valence-corrected chi connectivity index (χ3v) is 3.47. The Hall–Kier alpha value is -3.54. The number of aromatic hydroxyl groups is 3. The van der Waals surface area contributed by atoms with E-state index in [2.05, 4.69) is 10.5 Å². The number of fused-ring (bicyclic) bond motifs is 1. The van der Waals surface area contributed by atoms with Crippen LogP contribution >= 0.6 is 0 Å². The second-order valence-corrected chi connectivity index (χ2v) is 5.16. The van der Waals surface area contributed by atoms with Crippen molar-refractivity contribution < 1.29 is 20.1 Å². The molecule has 4 N–H and O–H groups in total. The lowest BCUT2D eigenvalue weighted by Crippen LogP contribution is -2.17. The van der Waals surface area contributed by atoms with Crippen LogP contribution in [0.5, 0.6) is 17.2 Å². The number of benzene rings is 3. The van der Waals surface area contributed by atoms with Gasteiger partial charge in [0, 0.05) is 17.2 Å². The molecule has 0 saturated carbocycles. The Labute approximate surface area is 137 Å². The van der Waals surface area contributed by atoms with Crippen molar-refractivity contribution in [3.63, 3.8) is 0 Å². The van der Waals surface area contributed by atoms with Crippen LogP contribution in [-0.4, -0.2) is 27.4 Å². The minimum absolute atomic E-state index is 0.0432. The molecular formula is C18H14N2O4. The zero-order valence-electron chi connectivity index (χ0n) is 12.5. The molecule has 0 fully saturated rings. The lowest BCUT2D eigenvalue weighted by atomic mass is 10.0. The molecule has 0 radical (unpaired) electrons. The Bertz CT molecular complexity index is 931. The summed E-state index contributed by atoms with van der Waals surface area (Å²) in [5.41, 5.74) is 2.83. The van der Waals surface area contributed by atoms with E-state index in [4.69, 9.17) is 0 Å². The normalized spacial score (nSPS) is 11.0. The summed E-state index contributed by atoms with van der Waals surface area (Å²) in [6.45, 7) is 0. The molecule has 24 heavy (non-hydrogen) atoms. The van der Waals surface area contributed by atoms with Crippen molar-refractivity contribution in [3.05, 3.63) is 65.7 Å². The van der Waals surface area contributed by atoms with E-state index in [1.165, 1.54) is 18.3 Å². The van der Waals surface area contributed by atoms with E-state index >= 15 is 0 Å². The van der Waals surface area contributed by atoms with Crippen LogP contribution in [-0.2, 0) is 0 Å². The van der Waals surface area contributed by atoms with Gasteiger partial charge in [0.1, 0.15) is 17.2 Å². The van der Waals surface area contributed by atoms with Gasteiger partial charge in [0.25, 0.3) is 5.91 Å². The van der Waals surface area contributed by atoms with Crippen LogP contribution in [0.25, 0.3) is 10.8 Å². The topological polar surface area (TPSA) is 102 Å². The quantitative estimate of drug-likeness (QED) is 0.440. The highest BCUT2D eigenvalue weighted by Gasteiger charge is 2.08. The van der Waals surface area contributed by atoms with Crippen LogP contribution in [0.4, 0.5) is 0 Å². The molecule has 3 aromatic rings. The average Bonchev–Trinajstić information content (AvgIpc) is 2.56. The van der Waals surface area contributed by atoms with Gasteiger partial charge in [-0.25, -0.2) is 5.43 Å². The van der Waals surface area contributed by atoms with Gasteiger partial charge >= 0.3 is 0 Å². The van der Waals surface area contributed by atoms with E-state index in [9.17, 15) is 20.1 Å². The number of hydrazone groups is 1. The summed E-state index contributed by atoms with van der Waals surface area (Å²) in [7, 11) is 0. The molecule has 3 aromatic carbocycles. The Balaban J connectivity index is 1.84. The molecule has 0 bridgehead atoms. The number of nitrogens with one attached hydrogen (secondary N) is 1. The van der Waals surface area contributed by atoms with E-state index in [1.807, 2.05) is 24.3 Å². The van der Waals surface area contributed by atoms with Gasteiger partial charge < -0.3 is 15.3 Å².